The minimum absolute atomic E-state index is 0.274. The summed E-state index contributed by atoms with van der Waals surface area (Å²) < 4.78 is 19.3. The van der Waals surface area contributed by atoms with Gasteiger partial charge in [-0.3, -0.25) is 9.69 Å². The van der Waals surface area contributed by atoms with Crippen LogP contribution >= 0.6 is 11.6 Å². The third-order valence-corrected chi connectivity index (χ3v) is 4.64. The van der Waals surface area contributed by atoms with Gasteiger partial charge in [0.25, 0.3) is 0 Å². The second-order valence-electron chi connectivity index (χ2n) is 5.63. The van der Waals surface area contributed by atoms with Crippen LogP contribution in [0.25, 0.3) is 0 Å². The van der Waals surface area contributed by atoms with Gasteiger partial charge < -0.3 is 15.4 Å². The van der Waals surface area contributed by atoms with Crippen LogP contribution < -0.4 is 10.6 Å². The van der Waals surface area contributed by atoms with Crippen molar-refractivity contribution in [3.8, 4) is 0 Å². The van der Waals surface area contributed by atoms with Crippen LogP contribution in [0.3, 0.4) is 0 Å². The Balaban J connectivity index is 1.71. The van der Waals surface area contributed by atoms with Gasteiger partial charge in [0.1, 0.15) is 5.54 Å². The number of nitrogens with two attached hydrogens (primary N) is 1. The molecule has 0 aliphatic carbocycles. The van der Waals surface area contributed by atoms with Gasteiger partial charge in [0.05, 0.1) is 11.6 Å². The summed E-state index contributed by atoms with van der Waals surface area (Å²) in [6.07, 6.45) is 2.04. The molecule has 2 fully saturated rings. The minimum Gasteiger partial charge on any atom is -0.379 e. The molecule has 6 nitrogen and oxygen atoms in total. The fourth-order valence-corrected chi connectivity index (χ4v) is 3.28. The number of piperazine rings is 1. The fourth-order valence-electron chi connectivity index (χ4n) is 3.14. The minimum atomic E-state index is -0.724. The molecule has 120 valence electrons. The lowest BCUT2D eigenvalue weighted by Crippen LogP contribution is -2.63. The molecule has 0 spiro atoms. The largest absolute Gasteiger partial charge is 0.379 e. The molecular formula is C14H18ClFN4O2. The molecule has 22 heavy (non-hydrogen) atoms. The Bertz CT molecular complexity index is 572. The van der Waals surface area contributed by atoms with Crippen molar-refractivity contribution in [3.63, 3.8) is 0 Å². The number of pyridine rings is 1. The van der Waals surface area contributed by atoms with E-state index in [9.17, 15) is 9.18 Å². The molecule has 0 aromatic carbocycles. The maximum Gasteiger partial charge on any atom is 0.240 e. The summed E-state index contributed by atoms with van der Waals surface area (Å²) in [6, 6.07) is 1.26. The van der Waals surface area contributed by atoms with Crippen molar-refractivity contribution < 1.29 is 13.9 Å². The number of halogens is 2. The number of primary amides is 1. The molecule has 1 aromatic rings. The second kappa shape index (κ2) is 5.98. The fraction of sp³-hybridized carbons (Fsp3) is 0.571. The number of nitrogens with zero attached hydrogens (tertiary/aromatic N) is 3. The molecule has 8 heteroatoms. The summed E-state index contributed by atoms with van der Waals surface area (Å²) in [5, 5.41) is 0.274. The highest BCUT2D eigenvalue weighted by atomic mass is 35.5. The van der Waals surface area contributed by atoms with Crippen LogP contribution in [0.1, 0.15) is 6.42 Å². The van der Waals surface area contributed by atoms with Crippen LogP contribution in [-0.4, -0.2) is 60.7 Å². The van der Waals surface area contributed by atoms with Crippen LogP contribution in [0, 0.1) is 5.82 Å². The van der Waals surface area contributed by atoms with Gasteiger partial charge >= 0.3 is 0 Å². The van der Waals surface area contributed by atoms with Crippen molar-refractivity contribution in [3.05, 3.63) is 23.1 Å². The van der Waals surface area contributed by atoms with Crippen molar-refractivity contribution in [1.29, 1.82) is 0 Å². The molecule has 1 aromatic heterocycles. The van der Waals surface area contributed by atoms with Crippen molar-refractivity contribution in [2.75, 3.05) is 44.3 Å². The van der Waals surface area contributed by atoms with E-state index in [-0.39, 0.29) is 10.9 Å². The summed E-state index contributed by atoms with van der Waals surface area (Å²) in [4.78, 5) is 19.8. The van der Waals surface area contributed by atoms with E-state index in [1.807, 2.05) is 9.80 Å². The Morgan fingerprint density at radius 1 is 1.41 bits per heavy atom. The summed E-state index contributed by atoms with van der Waals surface area (Å²) in [6.45, 7) is 3.22. The topological polar surface area (TPSA) is 71.7 Å². The van der Waals surface area contributed by atoms with Gasteiger partial charge in [0.2, 0.25) is 5.91 Å². The van der Waals surface area contributed by atoms with E-state index >= 15 is 0 Å². The van der Waals surface area contributed by atoms with Gasteiger partial charge in [0, 0.05) is 45.4 Å². The van der Waals surface area contributed by atoms with Crippen molar-refractivity contribution >= 4 is 23.3 Å². The molecule has 2 aliphatic rings. The number of hydrogen-bond acceptors (Lipinski definition) is 5. The van der Waals surface area contributed by atoms with Crippen LogP contribution in [-0.2, 0) is 9.53 Å². The van der Waals surface area contributed by atoms with E-state index in [0.717, 1.165) is 0 Å². The third-order valence-electron chi connectivity index (χ3n) is 4.43. The standard InChI is InChI=1S/C14H18ClFN4O2/c15-10-7-11(16)12(18-8-10)19-2-4-20(5-3-19)14(13(17)21)1-6-22-9-14/h7-8H,1-6,9H2,(H2,17,21). The zero-order valence-corrected chi connectivity index (χ0v) is 12.9. The summed E-state index contributed by atoms with van der Waals surface area (Å²) in [5.74, 6) is -0.496. The van der Waals surface area contributed by atoms with E-state index in [2.05, 4.69) is 4.98 Å². The van der Waals surface area contributed by atoms with Gasteiger partial charge in [-0.1, -0.05) is 11.6 Å². The third kappa shape index (κ3) is 2.64. The molecule has 0 bridgehead atoms. The van der Waals surface area contributed by atoms with Crippen LogP contribution in [0.5, 0.6) is 0 Å². The van der Waals surface area contributed by atoms with E-state index in [4.69, 9.17) is 22.1 Å². The molecular weight excluding hydrogens is 311 g/mol. The number of hydrogen-bond donors (Lipinski definition) is 1. The van der Waals surface area contributed by atoms with E-state index < -0.39 is 11.4 Å². The van der Waals surface area contributed by atoms with Gasteiger partial charge in [0.15, 0.2) is 11.6 Å². The Hall–Kier alpha value is -1.44. The SMILES string of the molecule is NC(=O)C1(N2CCN(c3ncc(Cl)cc3F)CC2)CCOC1. The summed E-state index contributed by atoms with van der Waals surface area (Å²) >= 11 is 5.72. The summed E-state index contributed by atoms with van der Waals surface area (Å²) in [7, 11) is 0. The average molecular weight is 329 g/mol. The number of ether oxygens (including phenoxy) is 1. The lowest BCUT2D eigenvalue weighted by atomic mass is 9.94. The average Bonchev–Trinajstić information content (AvgIpc) is 2.98. The highest BCUT2D eigenvalue weighted by molar-refractivity contribution is 6.30. The Kier molecular flexibility index (Phi) is 4.20. The first-order valence-corrected chi connectivity index (χ1v) is 7.59. The molecule has 2 saturated heterocycles. The number of rotatable bonds is 3. The first-order valence-electron chi connectivity index (χ1n) is 7.22. The molecule has 3 rings (SSSR count). The number of carbonyl (C=O) groups excluding carboxylic acids is 1. The van der Waals surface area contributed by atoms with Crippen molar-refractivity contribution in [2.24, 2.45) is 5.73 Å². The molecule has 0 radical (unpaired) electrons. The van der Waals surface area contributed by atoms with Gasteiger partial charge in [-0.25, -0.2) is 9.37 Å². The molecule has 3 heterocycles. The maximum atomic E-state index is 13.9. The quantitative estimate of drug-likeness (QED) is 0.881. The Morgan fingerprint density at radius 3 is 2.68 bits per heavy atom. The number of amides is 1. The van der Waals surface area contributed by atoms with E-state index in [0.29, 0.717) is 51.6 Å². The lowest BCUT2D eigenvalue weighted by Gasteiger charge is -2.43. The lowest BCUT2D eigenvalue weighted by molar-refractivity contribution is -0.130. The number of anilines is 1. The predicted octanol–water partition coefficient (Wildman–Crippen LogP) is 0.640. The van der Waals surface area contributed by atoms with Gasteiger partial charge in [-0.2, -0.15) is 0 Å². The van der Waals surface area contributed by atoms with E-state index in [1.165, 1.54) is 12.3 Å². The smallest absolute Gasteiger partial charge is 0.240 e. The first-order chi connectivity index (χ1) is 10.5. The van der Waals surface area contributed by atoms with E-state index in [1.54, 1.807) is 0 Å². The normalized spacial score (nSPS) is 26.4. The second-order valence-corrected chi connectivity index (χ2v) is 6.07. The van der Waals surface area contributed by atoms with Gasteiger partial charge in [-0.15, -0.1) is 0 Å². The highest BCUT2D eigenvalue weighted by Gasteiger charge is 2.46. The molecule has 2 N–H and O–H groups in total. The molecule has 2 aliphatic heterocycles. The van der Waals surface area contributed by atoms with Crippen molar-refractivity contribution in [1.82, 2.24) is 9.88 Å². The molecule has 0 saturated carbocycles. The predicted molar refractivity (Wildman–Crippen MR) is 80.4 cm³/mol. The first kappa shape index (κ1) is 15.5. The van der Waals surface area contributed by atoms with Crippen molar-refractivity contribution in [2.45, 2.75) is 12.0 Å². The Labute approximate surface area is 133 Å². The zero-order chi connectivity index (χ0) is 15.7. The van der Waals surface area contributed by atoms with Crippen LogP contribution in [0.15, 0.2) is 12.3 Å². The molecule has 1 atom stereocenters. The summed E-state index contributed by atoms with van der Waals surface area (Å²) in [5.41, 5.74) is 4.86. The highest BCUT2D eigenvalue weighted by Crippen LogP contribution is 2.29. The van der Waals surface area contributed by atoms with Crippen LogP contribution in [0.4, 0.5) is 10.2 Å². The number of aromatic nitrogens is 1. The van der Waals surface area contributed by atoms with Crippen LogP contribution in [0.2, 0.25) is 5.02 Å². The molecule has 1 unspecified atom stereocenters. The molecule has 1 amide bonds. The van der Waals surface area contributed by atoms with Gasteiger partial charge in [-0.05, 0) is 6.07 Å². The Morgan fingerprint density at radius 2 is 2.14 bits per heavy atom. The number of carbonyl (C=O) groups is 1. The monoisotopic (exact) mass is 328 g/mol. The zero-order valence-electron chi connectivity index (χ0n) is 12.1. The maximum absolute atomic E-state index is 13.9.